The van der Waals surface area contributed by atoms with Crippen LogP contribution in [0.1, 0.15) is 81.3 Å². The Morgan fingerprint density at radius 2 is 1.66 bits per heavy atom. The molecule has 6 heteroatoms. The lowest BCUT2D eigenvalue weighted by molar-refractivity contribution is -0.0191. The maximum Gasteiger partial charge on any atom is 0.214 e. The van der Waals surface area contributed by atoms with Crippen molar-refractivity contribution in [3.05, 3.63) is 83.4 Å². The minimum absolute atomic E-state index is 0.0939. The summed E-state index contributed by atoms with van der Waals surface area (Å²) < 4.78 is 24.1. The normalized spacial score (nSPS) is 17.8. The van der Waals surface area contributed by atoms with E-state index in [1.54, 1.807) is 7.11 Å². The van der Waals surface area contributed by atoms with Gasteiger partial charge in [-0.2, -0.15) is 5.10 Å². The summed E-state index contributed by atoms with van der Waals surface area (Å²) in [7, 11) is 1.68. The molecule has 0 unspecified atom stereocenters. The Kier molecular flexibility index (Phi) is 8.37. The van der Waals surface area contributed by atoms with Gasteiger partial charge in [0.25, 0.3) is 0 Å². The van der Waals surface area contributed by atoms with Crippen molar-refractivity contribution >= 4 is 5.71 Å². The molecule has 0 aromatic heterocycles. The fourth-order valence-electron chi connectivity index (χ4n) is 5.00. The van der Waals surface area contributed by atoms with E-state index in [9.17, 15) is 0 Å². The van der Waals surface area contributed by atoms with E-state index in [-0.39, 0.29) is 12.3 Å². The van der Waals surface area contributed by atoms with Crippen LogP contribution in [-0.2, 0) is 0 Å². The topological polar surface area (TPSA) is 52.5 Å². The van der Waals surface area contributed by atoms with Crippen molar-refractivity contribution in [2.24, 2.45) is 5.10 Å². The zero-order valence-corrected chi connectivity index (χ0v) is 22.7. The Morgan fingerprint density at radius 1 is 0.868 bits per heavy atom. The second-order valence-corrected chi connectivity index (χ2v) is 9.85. The van der Waals surface area contributed by atoms with E-state index in [4.69, 9.17) is 24.0 Å². The Balaban J connectivity index is 1.41. The van der Waals surface area contributed by atoms with E-state index in [1.807, 2.05) is 36.4 Å². The molecule has 6 nitrogen and oxygen atoms in total. The number of nitrogens with zero attached hydrogens (tertiary/aromatic N) is 2. The summed E-state index contributed by atoms with van der Waals surface area (Å²) in [6.07, 6.45) is 5.97. The highest BCUT2D eigenvalue weighted by atomic mass is 16.5. The molecule has 0 saturated carbocycles. The average Bonchev–Trinajstić information content (AvgIpc) is 3.41. The van der Waals surface area contributed by atoms with Crippen molar-refractivity contribution in [3.63, 3.8) is 0 Å². The van der Waals surface area contributed by atoms with Crippen molar-refractivity contribution in [2.75, 3.05) is 20.3 Å². The van der Waals surface area contributed by atoms with E-state index in [2.05, 4.69) is 49.2 Å². The third kappa shape index (κ3) is 5.59. The first-order chi connectivity index (χ1) is 18.7. The Labute approximate surface area is 226 Å². The largest absolute Gasteiger partial charge is 0.494 e. The Hall–Kier alpha value is -3.67. The van der Waals surface area contributed by atoms with Crippen LogP contribution in [0.25, 0.3) is 0 Å². The van der Waals surface area contributed by atoms with Crippen LogP contribution in [0.3, 0.4) is 0 Å². The van der Waals surface area contributed by atoms with Gasteiger partial charge in [0.1, 0.15) is 11.5 Å². The predicted molar refractivity (Wildman–Crippen MR) is 150 cm³/mol. The molecule has 2 heterocycles. The number of benzene rings is 3. The Morgan fingerprint density at radius 3 is 2.45 bits per heavy atom. The van der Waals surface area contributed by atoms with E-state index < -0.39 is 0 Å². The smallest absolute Gasteiger partial charge is 0.214 e. The first kappa shape index (κ1) is 26.0. The zero-order valence-electron chi connectivity index (χ0n) is 22.7. The molecular weight excluding hydrogens is 476 g/mol. The number of hydrogen-bond acceptors (Lipinski definition) is 6. The molecule has 5 rings (SSSR count). The van der Waals surface area contributed by atoms with Gasteiger partial charge in [-0.05, 0) is 66.9 Å². The molecule has 3 aromatic carbocycles. The molecule has 0 N–H and O–H groups in total. The van der Waals surface area contributed by atoms with Gasteiger partial charge in [-0.25, -0.2) is 5.01 Å². The van der Waals surface area contributed by atoms with Gasteiger partial charge < -0.3 is 18.9 Å². The molecular formula is C32H38N2O4. The van der Waals surface area contributed by atoms with Crippen LogP contribution in [0.5, 0.6) is 23.0 Å². The maximum absolute atomic E-state index is 6.55. The highest BCUT2D eigenvalue weighted by molar-refractivity contribution is 6.02. The van der Waals surface area contributed by atoms with Crippen LogP contribution in [0.15, 0.2) is 71.8 Å². The van der Waals surface area contributed by atoms with Crippen molar-refractivity contribution in [1.82, 2.24) is 5.01 Å². The molecule has 2 aliphatic heterocycles. The van der Waals surface area contributed by atoms with Crippen LogP contribution in [0.2, 0.25) is 0 Å². The maximum atomic E-state index is 6.55. The van der Waals surface area contributed by atoms with Gasteiger partial charge >= 0.3 is 0 Å². The number of para-hydroxylation sites is 1. The summed E-state index contributed by atoms with van der Waals surface area (Å²) in [5.74, 6) is 3.26. The monoisotopic (exact) mass is 514 g/mol. The number of hydrazone groups is 1. The molecule has 0 aliphatic carbocycles. The molecule has 0 radical (unpaired) electrons. The summed E-state index contributed by atoms with van der Waals surface area (Å²) in [4.78, 5) is 0. The minimum Gasteiger partial charge on any atom is -0.494 e. The van der Waals surface area contributed by atoms with E-state index in [1.165, 1.54) is 0 Å². The average molecular weight is 515 g/mol. The first-order valence-electron chi connectivity index (χ1n) is 13.9. The van der Waals surface area contributed by atoms with Crippen LogP contribution in [0.4, 0.5) is 0 Å². The van der Waals surface area contributed by atoms with Crippen LogP contribution < -0.4 is 18.9 Å². The van der Waals surface area contributed by atoms with E-state index in [0.29, 0.717) is 12.4 Å². The van der Waals surface area contributed by atoms with Crippen LogP contribution >= 0.6 is 0 Å². The van der Waals surface area contributed by atoms with Gasteiger partial charge in [-0.1, -0.05) is 51.3 Å². The van der Waals surface area contributed by atoms with Crippen molar-refractivity contribution in [1.29, 1.82) is 0 Å². The summed E-state index contributed by atoms with van der Waals surface area (Å²) in [6.45, 7) is 5.78. The highest BCUT2D eigenvalue weighted by Crippen LogP contribution is 2.48. The summed E-state index contributed by atoms with van der Waals surface area (Å²) >= 11 is 0. The molecule has 200 valence electrons. The quantitative estimate of drug-likeness (QED) is 0.232. The standard InChI is InChI=1S/C32H38N2O4/c1-4-6-10-20-37-30-18-15-24(21-31(30)35-3)32-34-28(26-11-8-9-12-29(26)38-32)22-27(33-34)23-13-16-25(17-14-23)36-19-7-5-2/h8-9,11-18,21,28,32H,4-7,10,19-20,22H2,1-3H3/t28-,32-/m1/s1. The molecule has 0 fully saturated rings. The summed E-state index contributed by atoms with van der Waals surface area (Å²) in [5.41, 5.74) is 4.28. The lowest BCUT2D eigenvalue weighted by Crippen LogP contribution is -2.33. The van der Waals surface area contributed by atoms with Gasteiger partial charge in [-0.15, -0.1) is 0 Å². The summed E-state index contributed by atoms with van der Waals surface area (Å²) in [6, 6.07) is 22.7. The molecule has 2 atom stereocenters. The van der Waals surface area contributed by atoms with Crippen molar-refractivity contribution in [2.45, 2.75) is 64.6 Å². The number of fused-ring (bicyclic) bond motifs is 3. The van der Waals surface area contributed by atoms with Gasteiger partial charge in [0.05, 0.1) is 32.1 Å². The second kappa shape index (κ2) is 12.2. The molecule has 0 amide bonds. The molecule has 0 spiro atoms. The third-order valence-corrected chi connectivity index (χ3v) is 7.13. The minimum atomic E-state index is -0.368. The fourth-order valence-corrected chi connectivity index (χ4v) is 5.00. The number of unbranched alkanes of at least 4 members (excludes halogenated alkanes) is 3. The van der Waals surface area contributed by atoms with E-state index in [0.717, 1.165) is 84.8 Å². The predicted octanol–water partition coefficient (Wildman–Crippen LogP) is 7.69. The SMILES string of the molecule is CCCCCOc1ccc([C@H]2Oc3ccccc3[C@H]3CC(c4ccc(OCCCC)cc4)=NN32)cc1OC. The van der Waals surface area contributed by atoms with Gasteiger partial charge in [0.15, 0.2) is 11.5 Å². The molecule has 0 bridgehead atoms. The molecule has 2 aliphatic rings. The lowest BCUT2D eigenvalue weighted by atomic mass is 9.96. The second-order valence-electron chi connectivity index (χ2n) is 9.85. The van der Waals surface area contributed by atoms with Gasteiger partial charge in [0, 0.05) is 17.5 Å². The number of hydrogen-bond donors (Lipinski definition) is 0. The molecule has 0 saturated heterocycles. The molecule has 38 heavy (non-hydrogen) atoms. The summed E-state index contributed by atoms with van der Waals surface area (Å²) in [5, 5.41) is 7.20. The van der Waals surface area contributed by atoms with E-state index >= 15 is 0 Å². The van der Waals surface area contributed by atoms with Crippen LogP contribution in [0, 0.1) is 0 Å². The van der Waals surface area contributed by atoms with Crippen LogP contribution in [-0.4, -0.2) is 31.0 Å². The lowest BCUT2D eigenvalue weighted by Gasteiger charge is -2.38. The van der Waals surface area contributed by atoms with Gasteiger partial charge in [0.2, 0.25) is 6.23 Å². The third-order valence-electron chi connectivity index (χ3n) is 7.13. The zero-order chi connectivity index (χ0) is 26.3. The first-order valence-corrected chi connectivity index (χ1v) is 13.9. The number of methoxy groups -OCH3 is 1. The van der Waals surface area contributed by atoms with Crippen molar-refractivity contribution < 1.29 is 18.9 Å². The number of rotatable bonds is 12. The Bertz CT molecular complexity index is 1240. The fraction of sp³-hybridized carbons (Fsp3) is 0.406. The van der Waals surface area contributed by atoms with Crippen molar-refractivity contribution in [3.8, 4) is 23.0 Å². The highest BCUT2D eigenvalue weighted by Gasteiger charge is 2.41. The van der Waals surface area contributed by atoms with Gasteiger partial charge in [-0.3, -0.25) is 0 Å². The molecule has 3 aromatic rings. The number of ether oxygens (including phenoxy) is 4.